The van der Waals surface area contributed by atoms with Gasteiger partial charge in [0.05, 0.1) is 11.4 Å². The number of anilines is 3. The monoisotopic (exact) mass is 347 g/mol. The molecule has 1 saturated heterocycles. The van der Waals surface area contributed by atoms with E-state index in [4.69, 9.17) is 0 Å². The molecule has 2 aromatic carbocycles. The van der Waals surface area contributed by atoms with Crippen molar-refractivity contribution in [3.8, 4) is 0 Å². The van der Waals surface area contributed by atoms with Gasteiger partial charge in [0.25, 0.3) is 5.91 Å². The van der Waals surface area contributed by atoms with E-state index >= 15 is 0 Å². The van der Waals surface area contributed by atoms with Crippen molar-refractivity contribution in [1.82, 2.24) is 0 Å². The molecule has 0 aliphatic carbocycles. The number of carbonyl (C=O) groups excluding carboxylic acids is 2. The van der Waals surface area contributed by atoms with Gasteiger partial charge in [-0.1, -0.05) is 18.2 Å². The van der Waals surface area contributed by atoms with Crippen molar-refractivity contribution in [1.29, 1.82) is 0 Å². The Balaban J connectivity index is 1.48. The van der Waals surface area contributed by atoms with Crippen LogP contribution in [-0.4, -0.2) is 30.9 Å². The van der Waals surface area contributed by atoms with Gasteiger partial charge in [-0.25, -0.2) is 0 Å². The van der Waals surface area contributed by atoms with Crippen LogP contribution in [0.4, 0.5) is 17.1 Å². The van der Waals surface area contributed by atoms with Gasteiger partial charge in [0, 0.05) is 24.3 Å². The zero-order chi connectivity index (χ0) is 17.7. The van der Waals surface area contributed by atoms with Gasteiger partial charge in [0.15, 0.2) is 0 Å². The van der Waals surface area contributed by atoms with Crippen molar-refractivity contribution < 1.29 is 9.59 Å². The van der Waals surface area contributed by atoms with E-state index in [9.17, 15) is 9.59 Å². The van der Waals surface area contributed by atoms with Crippen LogP contribution in [-0.2, 0) is 11.2 Å². The van der Waals surface area contributed by atoms with Gasteiger partial charge >= 0.3 is 0 Å². The number of fused-ring (bicyclic) bond motifs is 4. The average molecular weight is 347 g/mol. The SMILES string of the molecule is O=C1Nc2cc(C(=O)N3CCc4ccccc43)ccc2N2CCCCC12. The van der Waals surface area contributed by atoms with E-state index in [0.29, 0.717) is 12.1 Å². The van der Waals surface area contributed by atoms with E-state index in [0.717, 1.165) is 49.3 Å². The molecule has 1 atom stereocenters. The first-order chi connectivity index (χ1) is 12.7. The highest BCUT2D eigenvalue weighted by Gasteiger charge is 2.35. The van der Waals surface area contributed by atoms with E-state index < -0.39 is 0 Å². The van der Waals surface area contributed by atoms with Crippen LogP contribution in [0.2, 0.25) is 0 Å². The number of hydrogen-bond donors (Lipinski definition) is 1. The molecule has 3 aliphatic heterocycles. The zero-order valence-electron chi connectivity index (χ0n) is 14.6. The van der Waals surface area contributed by atoms with Gasteiger partial charge < -0.3 is 15.1 Å². The van der Waals surface area contributed by atoms with E-state index in [1.807, 2.05) is 41.3 Å². The quantitative estimate of drug-likeness (QED) is 0.862. The predicted molar refractivity (Wildman–Crippen MR) is 102 cm³/mol. The number of nitrogens with zero attached hydrogens (tertiary/aromatic N) is 2. The summed E-state index contributed by atoms with van der Waals surface area (Å²) in [6.45, 7) is 1.60. The van der Waals surface area contributed by atoms with Crippen LogP contribution in [0.25, 0.3) is 0 Å². The predicted octanol–water partition coefficient (Wildman–Crippen LogP) is 3.20. The molecule has 0 radical (unpaired) electrons. The van der Waals surface area contributed by atoms with Gasteiger partial charge in [-0.05, 0) is 55.5 Å². The highest BCUT2D eigenvalue weighted by molar-refractivity contribution is 6.10. The third-order valence-electron chi connectivity index (χ3n) is 5.75. The number of nitrogens with one attached hydrogen (secondary N) is 1. The van der Waals surface area contributed by atoms with Gasteiger partial charge in [0.2, 0.25) is 5.91 Å². The minimum absolute atomic E-state index is 0.00670. The van der Waals surface area contributed by atoms with Crippen LogP contribution in [0.3, 0.4) is 0 Å². The summed E-state index contributed by atoms with van der Waals surface area (Å²) in [5.74, 6) is 0.0427. The van der Waals surface area contributed by atoms with Crippen molar-refractivity contribution in [3.63, 3.8) is 0 Å². The molecule has 5 heteroatoms. The molecule has 3 heterocycles. The second-order valence-corrected chi connectivity index (χ2v) is 7.26. The molecule has 0 aromatic heterocycles. The molecule has 0 spiro atoms. The highest BCUT2D eigenvalue weighted by Crippen LogP contribution is 2.37. The van der Waals surface area contributed by atoms with Crippen LogP contribution in [0.15, 0.2) is 42.5 Å². The van der Waals surface area contributed by atoms with Crippen LogP contribution in [0, 0.1) is 0 Å². The number of hydrogen-bond acceptors (Lipinski definition) is 3. The maximum atomic E-state index is 13.1. The summed E-state index contributed by atoms with van der Waals surface area (Å²) in [7, 11) is 0. The number of rotatable bonds is 1. The summed E-state index contributed by atoms with van der Waals surface area (Å²) in [5, 5.41) is 3.01. The Morgan fingerprint density at radius 1 is 1.04 bits per heavy atom. The molecule has 1 fully saturated rings. The van der Waals surface area contributed by atoms with Gasteiger partial charge in [-0.2, -0.15) is 0 Å². The number of carbonyl (C=O) groups is 2. The van der Waals surface area contributed by atoms with E-state index in [2.05, 4.69) is 16.3 Å². The van der Waals surface area contributed by atoms with Crippen LogP contribution < -0.4 is 15.1 Å². The molecule has 3 aliphatic rings. The molecule has 2 aromatic rings. The van der Waals surface area contributed by atoms with Crippen molar-refractivity contribution >= 4 is 28.9 Å². The first kappa shape index (κ1) is 15.4. The molecule has 0 bridgehead atoms. The molecule has 26 heavy (non-hydrogen) atoms. The summed E-state index contributed by atoms with van der Waals surface area (Å²) >= 11 is 0. The molecule has 1 N–H and O–H groups in total. The summed E-state index contributed by atoms with van der Waals surface area (Å²) < 4.78 is 0. The van der Waals surface area contributed by atoms with E-state index in [-0.39, 0.29) is 17.9 Å². The Labute approximate surface area is 152 Å². The lowest BCUT2D eigenvalue weighted by atomic mass is 9.96. The fourth-order valence-corrected chi connectivity index (χ4v) is 4.43. The lowest BCUT2D eigenvalue weighted by Crippen LogP contribution is -2.50. The molecule has 0 saturated carbocycles. The second-order valence-electron chi connectivity index (χ2n) is 7.26. The fourth-order valence-electron chi connectivity index (χ4n) is 4.43. The molecule has 132 valence electrons. The first-order valence-corrected chi connectivity index (χ1v) is 9.34. The summed E-state index contributed by atoms with van der Waals surface area (Å²) in [6.07, 6.45) is 3.99. The molecular weight excluding hydrogens is 326 g/mol. The Kier molecular flexibility index (Phi) is 3.48. The standard InChI is InChI=1S/C21H21N3O2/c25-20-19-7-3-4-11-23(19)18-9-8-15(13-16(18)22-20)21(26)24-12-10-14-5-1-2-6-17(14)24/h1-2,5-6,8-9,13,19H,3-4,7,10-12H2,(H,22,25). The Morgan fingerprint density at radius 3 is 2.85 bits per heavy atom. The maximum Gasteiger partial charge on any atom is 0.258 e. The van der Waals surface area contributed by atoms with Crippen molar-refractivity contribution in [2.75, 3.05) is 28.2 Å². The third-order valence-corrected chi connectivity index (χ3v) is 5.75. The normalized spacial score (nSPS) is 20.9. The number of piperidine rings is 1. The Hall–Kier alpha value is -2.82. The third kappa shape index (κ3) is 2.30. The van der Waals surface area contributed by atoms with Crippen LogP contribution >= 0.6 is 0 Å². The maximum absolute atomic E-state index is 13.1. The molecule has 5 nitrogen and oxygen atoms in total. The second kappa shape index (κ2) is 5.87. The van der Waals surface area contributed by atoms with Crippen molar-refractivity contribution in [2.24, 2.45) is 0 Å². The lowest BCUT2D eigenvalue weighted by Gasteiger charge is -2.41. The van der Waals surface area contributed by atoms with Crippen LogP contribution in [0.1, 0.15) is 35.2 Å². The molecule has 2 amide bonds. The largest absolute Gasteiger partial charge is 0.358 e. The summed E-state index contributed by atoms with van der Waals surface area (Å²) in [6, 6.07) is 13.7. The minimum Gasteiger partial charge on any atom is -0.358 e. The minimum atomic E-state index is -0.0664. The first-order valence-electron chi connectivity index (χ1n) is 9.34. The van der Waals surface area contributed by atoms with Crippen molar-refractivity contribution in [2.45, 2.75) is 31.7 Å². The molecule has 1 unspecified atom stereocenters. The average Bonchev–Trinajstić information content (AvgIpc) is 3.11. The Bertz CT molecular complexity index is 908. The van der Waals surface area contributed by atoms with E-state index in [1.165, 1.54) is 5.56 Å². The lowest BCUT2D eigenvalue weighted by molar-refractivity contribution is -0.118. The smallest absolute Gasteiger partial charge is 0.258 e. The fraction of sp³-hybridized carbons (Fsp3) is 0.333. The highest BCUT2D eigenvalue weighted by atomic mass is 16.2. The summed E-state index contributed by atoms with van der Waals surface area (Å²) in [4.78, 5) is 29.5. The van der Waals surface area contributed by atoms with Gasteiger partial charge in [-0.3, -0.25) is 9.59 Å². The van der Waals surface area contributed by atoms with Gasteiger partial charge in [0.1, 0.15) is 6.04 Å². The summed E-state index contributed by atoms with van der Waals surface area (Å²) in [5.41, 5.74) is 4.62. The topological polar surface area (TPSA) is 52.7 Å². The molecular formula is C21H21N3O2. The Morgan fingerprint density at radius 2 is 1.92 bits per heavy atom. The van der Waals surface area contributed by atoms with Crippen LogP contribution in [0.5, 0.6) is 0 Å². The molecule has 5 rings (SSSR count). The van der Waals surface area contributed by atoms with Crippen molar-refractivity contribution in [3.05, 3.63) is 53.6 Å². The number of amides is 2. The van der Waals surface area contributed by atoms with E-state index in [1.54, 1.807) is 0 Å². The van der Waals surface area contributed by atoms with Gasteiger partial charge in [-0.15, -0.1) is 0 Å². The number of para-hydroxylation sites is 1. The number of benzene rings is 2. The zero-order valence-corrected chi connectivity index (χ0v) is 14.6.